The molecule has 0 aromatic carbocycles. The Kier molecular flexibility index (Phi) is 6.57. The third-order valence-corrected chi connectivity index (χ3v) is 5.02. The van der Waals surface area contributed by atoms with Crippen molar-refractivity contribution in [3.05, 3.63) is 29.6 Å². The number of carbonyl (C=O) groups excluding carboxylic acids is 1. The zero-order valence-electron chi connectivity index (χ0n) is 17.9. The van der Waals surface area contributed by atoms with E-state index < -0.39 is 5.60 Å². The van der Waals surface area contributed by atoms with E-state index in [1.807, 2.05) is 32.9 Å². The van der Waals surface area contributed by atoms with Crippen LogP contribution in [-0.4, -0.2) is 50.8 Å². The van der Waals surface area contributed by atoms with Crippen molar-refractivity contribution in [2.75, 3.05) is 18.4 Å². The first-order valence-corrected chi connectivity index (χ1v) is 10.4. The van der Waals surface area contributed by atoms with E-state index in [1.54, 1.807) is 11.1 Å². The number of aliphatic hydroxyl groups is 1. The van der Waals surface area contributed by atoms with Crippen LogP contribution < -0.4 is 5.32 Å². The maximum Gasteiger partial charge on any atom is 0.410 e. The molecule has 0 atom stereocenters. The third-order valence-electron chi connectivity index (χ3n) is 5.02. The molecule has 0 unspecified atom stereocenters. The molecule has 0 bridgehead atoms. The predicted molar refractivity (Wildman–Crippen MR) is 114 cm³/mol. The first-order valence-electron chi connectivity index (χ1n) is 10.4. The van der Waals surface area contributed by atoms with Crippen LogP contribution in [0.25, 0.3) is 11.0 Å². The lowest BCUT2D eigenvalue weighted by molar-refractivity contribution is 0.0210. The van der Waals surface area contributed by atoms with Gasteiger partial charge in [0.05, 0.1) is 17.8 Å². The number of nitrogens with zero attached hydrogens (tertiary/aromatic N) is 3. The number of aryl methyl sites for hydroxylation is 1. The summed E-state index contributed by atoms with van der Waals surface area (Å²) in [5.74, 6) is 0. The highest BCUT2D eigenvalue weighted by molar-refractivity contribution is 5.89. The summed E-state index contributed by atoms with van der Waals surface area (Å²) in [6.45, 7) is 8.95. The summed E-state index contributed by atoms with van der Waals surface area (Å²) < 4.78 is 5.48. The molecule has 2 aromatic rings. The normalized spacial score (nSPS) is 15.6. The van der Waals surface area contributed by atoms with Crippen molar-refractivity contribution in [3.63, 3.8) is 0 Å². The smallest absolute Gasteiger partial charge is 0.410 e. The largest absolute Gasteiger partial charge is 0.444 e. The van der Waals surface area contributed by atoms with Crippen LogP contribution in [0, 0.1) is 0 Å². The van der Waals surface area contributed by atoms with Gasteiger partial charge in [0.2, 0.25) is 0 Å². The number of ether oxygens (including phenoxy) is 1. The summed E-state index contributed by atoms with van der Waals surface area (Å²) >= 11 is 0. The van der Waals surface area contributed by atoms with Crippen LogP contribution in [0.5, 0.6) is 0 Å². The summed E-state index contributed by atoms with van der Waals surface area (Å²) in [4.78, 5) is 23.3. The number of piperidine rings is 1. The van der Waals surface area contributed by atoms with Gasteiger partial charge in [0, 0.05) is 36.6 Å². The highest BCUT2D eigenvalue weighted by Gasteiger charge is 2.27. The van der Waals surface area contributed by atoms with Gasteiger partial charge in [0.1, 0.15) is 11.1 Å². The van der Waals surface area contributed by atoms with Crippen LogP contribution in [0.4, 0.5) is 10.5 Å². The van der Waals surface area contributed by atoms with E-state index in [1.165, 1.54) is 0 Å². The van der Waals surface area contributed by atoms with Crippen molar-refractivity contribution in [1.29, 1.82) is 0 Å². The van der Waals surface area contributed by atoms with Crippen molar-refractivity contribution in [2.24, 2.45) is 0 Å². The van der Waals surface area contributed by atoms with Gasteiger partial charge in [0.25, 0.3) is 0 Å². The summed E-state index contributed by atoms with van der Waals surface area (Å²) in [7, 11) is 0. The van der Waals surface area contributed by atoms with Crippen molar-refractivity contribution >= 4 is 22.8 Å². The number of aliphatic hydroxyl groups excluding tert-OH is 1. The predicted octanol–water partition coefficient (Wildman–Crippen LogP) is 3.89. The van der Waals surface area contributed by atoms with Gasteiger partial charge in [0.15, 0.2) is 0 Å². The Bertz CT molecular complexity index is 855. The molecule has 7 nitrogen and oxygen atoms in total. The van der Waals surface area contributed by atoms with Crippen LogP contribution >= 0.6 is 0 Å². The molecule has 2 N–H and O–H groups in total. The molecule has 1 aliphatic rings. The maximum absolute atomic E-state index is 12.3. The molecule has 2 aromatic heterocycles. The molecule has 1 amide bonds. The number of pyridine rings is 2. The molecule has 0 saturated carbocycles. The van der Waals surface area contributed by atoms with Crippen LogP contribution in [0.2, 0.25) is 0 Å². The van der Waals surface area contributed by atoms with Crippen LogP contribution in [0.3, 0.4) is 0 Å². The SMILES string of the molecule is CCCc1ccc2ncc(CO)c(NC3CCN(C(=O)OC(C)(C)C)CC3)c2n1. The van der Waals surface area contributed by atoms with E-state index in [2.05, 4.69) is 17.2 Å². The molecule has 0 radical (unpaired) electrons. The standard InChI is InChI=1S/C22H32N4O3/c1-5-6-16-7-8-18-20(25-16)19(15(14-27)13-23-18)24-17-9-11-26(12-10-17)21(28)29-22(2,3)4/h7-8,13,17,27H,5-6,9-12,14H2,1-4H3,(H,23,24). The fraction of sp³-hybridized carbons (Fsp3) is 0.591. The van der Waals surface area contributed by atoms with Gasteiger partial charge in [-0.15, -0.1) is 0 Å². The second kappa shape index (κ2) is 8.95. The monoisotopic (exact) mass is 400 g/mol. The number of fused-ring (bicyclic) bond motifs is 1. The molecule has 158 valence electrons. The fourth-order valence-electron chi connectivity index (χ4n) is 3.56. The quantitative estimate of drug-likeness (QED) is 0.792. The Morgan fingerprint density at radius 3 is 2.66 bits per heavy atom. The number of likely N-dealkylation sites (tertiary alicyclic amines) is 1. The van der Waals surface area contributed by atoms with E-state index in [9.17, 15) is 9.90 Å². The van der Waals surface area contributed by atoms with Crippen LogP contribution in [0.1, 0.15) is 58.2 Å². The zero-order valence-corrected chi connectivity index (χ0v) is 17.9. The zero-order chi connectivity index (χ0) is 21.0. The fourth-order valence-corrected chi connectivity index (χ4v) is 3.56. The van der Waals surface area contributed by atoms with Gasteiger partial charge < -0.3 is 20.1 Å². The number of hydrogen-bond donors (Lipinski definition) is 2. The highest BCUT2D eigenvalue weighted by Crippen LogP contribution is 2.28. The van der Waals surface area contributed by atoms with E-state index in [4.69, 9.17) is 9.72 Å². The molecular weight excluding hydrogens is 368 g/mol. The Hall–Kier alpha value is -2.41. The summed E-state index contributed by atoms with van der Waals surface area (Å²) in [6, 6.07) is 4.20. The highest BCUT2D eigenvalue weighted by atomic mass is 16.6. The van der Waals surface area contributed by atoms with Crippen molar-refractivity contribution < 1.29 is 14.6 Å². The molecule has 3 rings (SSSR count). The molecule has 0 spiro atoms. The lowest BCUT2D eigenvalue weighted by Crippen LogP contribution is -2.44. The maximum atomic E-state index is 12.3. The van der Waals surface area contributed by atoms with Gasteiger partial charge in [-0.3, -0.25) is 4.98 Å². The number of rotatable bonds is 5. The van der Waals surface area contributed by atoms with Gasteiger partial charge >= 0.3 is 6.09 Å². The number of anilines is 1. The minimum atomic E-state index is -0.486. The van der Waals surface area contributed by atoms with E-state index >= 15 is 0 Å². The average Bonchev–Trinajstić information content (AvgIpc) is 2.68. The summed E-state index contributed by atoms with van der Waals surface area (Å²) in [5.41, 5.74) is 3.76. The van der Waals surface area contributed by atoms with E-state index in [-0.39, 0.29) is 18.7 Å². The molecule has 1 saturated heterocycles. The second-order valence-electron chi connectivity index (χ2n) is 8.62. The topological polar surface area (TPSA) is 87.6 Å². The molecule has 29 heavy (non-hydrogen) atoms. The van der Waals surface area contributed by atoms with Gasteiger partial charge in [-0.1, -0.05) is 13.3 Å². The molecule has 1 aliphatic heterocycles. The minimum absolute atomic E-state index is 0.0955. The first kappa shape index (κ1) is 21.3. The van der Waals surface area contributed by atoms with Crippen molar-refractivity contribution in [2.45, 2.75) is 71.6 Å². The first-order chi connectivity index (χ1) is 13.8. The van der Waals surface area contributed by atoms with Gasteiger partial charge in [-0.25, -0.2) is 9.78 Å². The molecule has 3 heterocycles. The Labute approximate surface area is 172 Å². The Morgan fingerprint density at radius 1 is 1.31 bits per heavy atom. The Balaban J connectivity index is 1.75. The number of aromatic nitrogens is 2. The number of nitrogens with one attached hydrogen (secondary N) is 1. The average molecular weight is 401 g/mol. The van der Waals surface area contributed by atoms with Crippen LogP contribution in [-0.2, 0) is 17.8 Å². The lowest BCUT2D eigenvalue weighted by atomic mass is 10.0. The number of hydrogen-bond acceptors (Lipinski definition) is 6. The van der Waals surface area contributed by atoms with Crippen LogP contribution in [0.15, 0.2) is 18.3 Å². The molecular formula is C22H32N4O3. The number of amides is 1. The molecule has 0 aliphatic carbocycles. The summed E-state index contributed by atoms with van der Waals surface area (Å²) in [5, 5.41) is 13.4. The summed E-state index contributed by atoms with van der Waals surface area (Å²) in [6.07, 6.45) is 5.00. The van der Waals surface area contributed by atoms with E-state index in [0.29, 0.717) is 13.1 Å². The Morgan fingerprint density at radius 2 is 2.03 bits per heavy atom. The third kappa shape index (κ3) is 5.35. The molecule has 7 heteroatoms. The van der Waals surface area contributed by atoms with Crippen molar-refractivity contribution in [1.82, 2.24) is 14.9 Å². The molecule has 1 fully saturated rings. The second-order valence-corrected chi connectivity index (χ2v) is 8.62. The number of carbonyl (C=O) groups is 1. The van der Waals surface area contributed by atoms with Gasteiger partial charge in [-0.05, 0) is 52.2 Å². The van der Waals surface area contributed by atoms with E-state index in [0.717, 1.165) is 53.7 Å². The van der Waals surface area contributed by atoms with Crippen molar-refractivity contribution in [3.8, 4) is 0 Å². The lowest BCUT2D eigenvalue weighted by Gasteiger charge is -2.34. The minimum Gasteiger partial charge on any atom is -0.444 e. The van der Waals surface area contributed by atoms with Gasteiger partial charge in [-0.2, -0.15) is 0 Å².